The number of carbonyl (C=O) groups excluding carboxylic acids is 2. The van der Waals surface area contributed by atoms with Gasteiger partial charge in [0, 0.05) is 23.6 Å². The van der Waals surface area contributed by atoms with Crippen molar-refractivity contribution in [2.24, 2.45) is 11.7 Å². The molecule has 0 radical (unpaired) electrons. The van der Waals surface area contributed by atoms with E-state index < -0.39 is 47.8 Å². The number of amides is 2. The third-order valence-corrected chi connectivity index (χ3v) is 7.33. The summed E-state index contributed by atoms with van der Waals surface area (Å²) >= 11 is 0. The largest absolute Gasteiger partial charge is 0.481 e. The highest BCUT2D eigenvalue weighted by molar-refractivity contribution is 5.96. The Morgan fingerprint density at radius 1 is 1.00 bits per heavy atom. The molecule has 1 saturated carbocycles. The highest BCUT2D eigenvalue weighted by Gasteiger charge is 2.28. The van der Waals surface area contributed by atoms with Crippen LogP contribution in [-0.4, -0.2) is 61.7 Å². The summed E-state index contributed by atoms with van der Waals surface area (Å²) in [4.78, 5) is 62.8. The van der Waals surface area contributed by atoms with Gasteiger partial charge in [-0.1, -0.05) is 54.6 Å². The molecule has 0 spiro atoms. The van der Waals surface area contributed by atoms with Gasteiger partial charge in [-0.05, 0) is 37.3 Å². The molecular weight excluding hydrogens is 556 g/mol. The fourth-order valence-electron chi connectivity index (χ4n) is 4.95. The van der Waals surface area contributed by atoms with Crippen LogP contribution in [0, 0.1) is 11.3 Å². The normalized spacial score (nSPS) is 16.9. The molecular formula is C30H32N6O7. The first-order valence-electron chi connectivity index (χ1n) is 13.7. The van der Waals surface area contributed by atoms with Crippen LogP contribution in [0.25, 0.3) is 11.3 Å². The van der Waals surface area contributed by atoms with Crippen LogP contribution in [0.5, 0.6) is 0 Å². The zero-order valence-corrected chi connectivity index (χ0v) is 23.2. The number of hydrogen-bond acceptors (Lipinski definition) is 7. The van der Waals surface area contributed by atoms with Gasteiger partial charge in [0.15, 0.2) is 0 Å². The maximum absolute atomic E-state index is 13.4. The van der Waals surface area contributed by atoms with Crippen LogP contribution < -0.4 is 21.9 Å². The summed E-state index contributed by atoms with van der Waals surface area (Å²) in [6.45, 7) is -0.652. The second-order valence-electron chi connectivity index (χ2n) is 10.4. The van der Waals surface area contributed by atoms with Gasteiger partial charge in [0.2, 0.25) is 5.91 Å². The monoisotopic (exact) mass is 588 g/mol. The summed E-state index contributed by atoms with van der Waals surface area (Å²) in [5.41, 5.74) is 6.20. The van der Waals surface area contributed by atoms with Gasteiger partial charge in [-0.2, -0.15) is 5.10 Å². The average Bonchev–Trinajstić information content (AvgIpc) is 2.98. The number of nitrogens with two attached hydrogens (primary N) is 1. The molecule has 2 amide bonds. The lowest BCUT2D eigenvalue weighted by Crippen LogP contribution is -2.46. The number of nitrogens with one attached hydrogen (secondary N) is 3. The van der Waals surface area contributed by atoms with E-state index in [0.717, 1.165) is 4.68 Å². The number of benzene rings is 2. The van der Waals surface area contributed by atoms with E-state index in [9.17, 15) is 34.2 Å². The smallest absolute Gasteiger partial charge is 0.326 e. The van der Waals surface area contributed by atoms with E-state index in [4.69, 9.17) is 11.1 Å². The predicted molar refractivity (Wildman–Crippen MR) is 156 cm³/mol. The number of aliphatic carboxylic acids is 2. The van der Waals surface area contributed by atoms with Crippen LogP contribution in [0.15, 0.2) is 65.5 Å². The first-order valence-corrected chi connectivity index (χ1v) is 13.7. The van der Waals surface area contributed by atoms with Gasteiger partial charge < -0.3 is 26.6 Å². The molecule has 0 saturated heterocycles. The Balaban J connectivity index is 1.60. The fourth-order valence-corrected chi connectivity index (χ4v) is 4.95. The molecule has 2 aromatic carbocycles. The van der Waals surface area contributed by atoms with Crippen molar-refractivity contribution in [1.82, 2.24) is 20.4 Å². The van der Waals surface area contributed by atoms with Crippen LogP contribution in [0.3, 0.4) is 0 Å². The molecule has 1 heterocycles. The van der Waals surface area contributed by atoms with Crippen molar-refractivity contribution in [3.63, 3.8) is 0 Å². The molecule has 0 aliphatic heterocycles. The van der Waals surface area contributed by atoms with Crippen molar-refractivity contribution >= 4 is 29.6 Å². The van der Waals surface area contributed by atoms with E-state index in [1.807, 2.05) is 0 Å². The number of nitrogens with zero attached hydrogens (tertiary/aromatic N) is 2. The Labute approximate surface area is 246 Å². The topological polar surface area (TPSA) is 218 Å². The molecule has 3 aromatic rings. The number of carbonyl (C=O) groups is 4. The van der Waals surface area contributed by atoms with Crippen LogP contribution in [0.2, 0.25) is 0 Å². The number of aromatic nitrogens is 2. The summed E-state index contributed by atoms with van der Waals surface area (Å²) in [7, 11) is 0. The van der Waals surface area contributed by atoms with Crippen molar-refractivity contribution < 1.29 is 29.4 Å². The summed E-state index contributed by atoms with van der Waals surface area (Å²) in [5, 5.41) is 36.0. The van der Waals surface area contributed by atoms with Gasteiger partial charge in [0.25, 0.3) is 11.5 Å². The molecule has 4 rings (SSSR count). The van der Waals surface area contributed by atoms with Gasteiger partial charge in [-0.15, -0.1) is 0 Å². The van der Waals surface area contributed by atoms with Crippen molar-refractivity contribution in [2.45, 2.75) is 50.7 Å². The second kappa shape index (κ2) is 13.6. The predicted octanol–water partition coefficient (Wildman–Crippen LogP) is 1.38. The Bertz CT molecular complexity index is 1580. The Morgan fingerprint density at radius 2 is 1.65 bits per heavy atom. The van der Waals surface area contributed by atoms with Crippen molar-refractivity contribution in [3.05, 3.63) is 87.7 Å². The van der Waals surface area contributed by atoms with Gasteiger partial charge in [-0.3, -0.25) is 24.6 Å². The van der Waals surface area contributed by atoms with E-state index in [1.165, 1.54) is 6.07 Å². The van der Waals surface area contributed by atoms with E-state index in [0.29, 0.717) is 42.4 Å². The first-order chi connectivity index (χ1) is 20.5. The maximum atomic E-state index is 13.4. The van der Waals surface area contributed by atoms with Crippen LogP contribution in [-0.2, 0) is 27.3 Å². The van der Waals surface area contributed by atoms with Crippen molar-refractivity contribution in [1.29, 1.82) is 5.41 Å². The molecule has 13 nitrogen and oxygen atoms in total. The number of hydrogen-bond donors (Lipinski definition) is 6. The molecule has 1 fully saturated rings. The van der Waals surface area contributed by atoms with Gasteiger partial charge in [0.05, 0.1) is 11.6 Å². The summed E-state index contributed by atoms with van der Waals surface area (Å²) in [6, 6.07) is 14.8. The quantitative estimate of drug-likeness (QED) is 0.141. The zero-order valence-electron chi connectivity index (χ0n) is 23.2. The molecule has 224 valence electrons. The number of rotatable bonds is 11. The SMILES string of the molecule is N=C(N)c1ccc(-c2cc(C(=O)NC3CCC(C(=O)O)CC3)c(=O)n(CC(=O)NC(Cc3ccccc3)C(=O)O)n2)cc1. The van der Waals surface area contributed by atoms with Gasteiger partial charge in [0.1, 0.15) is 24.0 Å². The van der Waals surface area contributed by atoms with E-state index in [2.05, 4.69) is 15.7 Å². The Morgan fingerprint density at radius 3 is 2.23 bits per heavy atom. The molecule has 1 unspecified atom stereocenters. The first kappa shape index (κ1) is 30.6. The molecule has 1 aliphatic carbocycles. The molecule has 1 aromatic heterocycles. The lowest BCUT2D eigenvalue weighted by molar-refractivity contribution is -0.143. The minimum atomic E-state index is -1.27. The van der Waals surface area contributed by atoms with E-state index in [-0.39, 0.29) is 29.6 Å². The molecule has 1 aliphatic rings. The Kier molecular flexibility index (Phi) is 9.65. The van der Waals surface area contributed by atoms with Gasteiger partial charge in [-0.25, -0.2) is 9.48 Å². The fraction of sp³-hybridized carbons (Fsp3) is 0.300. The van der Waals surface area contributed by atoms with Crippen molar-refractivity contribution in [2.75, 3.05) is 0 Å². The third-order valence-electron chi connectivity index (χ3n) is 7.33. The number of amidine groups is 1. The van der Waals surface area contributed by atoms with Crippen molar-refractivity contribution in [3.8, 4) is 11.3 Å². The standard InChI is InChI=1S/C30H32N6O7/c31-26(32)19-8-6-18(7-9-19)23-15-22(27(38)33-21-12-10-20(11-13-21)29(40)41)28(39)36(35-23)16-25(37)34-24(30(42)43)14-17-4-2-1-3-5-17/h1-9,15,20-21,24H,10-14,16H2,(H3,31,32)(H,33,38)(H,34,37)(H,40,41)(H,42,43). The molecule has 13 heteroatoms. The minimum absolute atomic E-state index is 0.0184. The van der Waals surface area contributed by atoms with E-state index in [1.54, 1.807) is 54.6 Å². The number of nitrogen functional groups attached to an aromatic ring is 1. The van der Waals surface area contributed by atoms with Crippen LogP contribution in [0.1, 0.15) is 47.2 Å². The molecule has 43 heavy (non-hydrogen) atoms. The zero-order chi connectivity index (χ0) is 31.1. The van der Waals surface area contributed by atoms with Gasteiger partial charge >= 0.3 is 11.9 Å². The summed E-state index contributed by atoms with van der Waals surface area (Å²) < 4.78 is 0.807. The molecule has 1 atom stereocenters. The minimum Gasteiger partial charge on any atom is -0.481 e. The van der Waals surface area contributed by atoms with Crippen LogP contribution >= 0.6 is 0 Å². The number of carboxylic acid groups (broad SMARTS) is 2. The Hall–Kier alpha value is -5.33. The lowest BCUT2D eigenvalue weighted by atomic mass is 9.86. The highest BCUT2D eigenvalue weighted by Crippen LogP contribution is 2.25. The number of carboxylic acids is 2. The van der Waals surface area contributed by atoms with Crippen LogP contribution in [0.4, 0.5) is 0 Å². The maximum Gasteiger partial charge on any atom is 0.326 e. The average molecular weight is 589 g/mol. The van der Waals surface area contributed by atoms with E-state index >= 15 is 0 Å². The highest BCUT2D eigenvalue weighted by atomic mass is 16.4. The summed E-state index contributed by atoms with van der Waals surface area (Å²) in [6.07, 6.45) is 1.67. The third kappa shape index (κ3) is 7.91. The summed E-state index contributed by atoms with van der Waals surface area (Å²) in [5.74, 6) is -4.26. The second-order valence-corrected chi connectivity index (χ2v) is 10.4. The molecule has 7 N–H and O–H groups in total. The lowest BCUT2D eigenvalue weighted by Gasteiger charge is -2.26. The molecule has 0 bridgehead atoms.